The molecular formula is C42H46N4O6. The molecule has 0 bridgehead atoms. The molecule has 2 N–H and O–H groups in total. The van der Waals surface area contributed by atoms with Gasteiger partial charge < -0.3 is 25.0 Å². The van der Waals surface area contributed by atoms with Gasteiger partial charge in [0.05, 0.1) is 37.1 Å². The Morgan fingerprint density at radius 3 is 2.06 bits per heavy atom. The zero-order valence-corrected chi connectivity index (χ0v) is 29.9. The van der Waals surface area contributed by atoms with Crippen LogP contribution in [0.15, 0.2) is 84.9 Å². The minimum absolute atomic E-state index is 0.155. The van der Waals surface area contributed by atoms with E-state index in [9.17, 15) is 19.2 Å². The van der Waals surface area contributed by atoms with Gasteiger partial charge in [-0.3, -0.25) is 19.3 Å². The van der Waals surface area contributed by atoms with Crippen molar-refractivity contribution in [1.29, 1.82) is 0 Å². The molecule has 3 amide bonds. The third kappa shape index (κ3) is 9.31. The van der Waals surface area contributed by atoms with Crippen molar-refractivity contribution >= 4 is 35.1 Å². The van der Waals surface area contributed by atoms with Crippen molar-refractivity contribution in [2.24, 2.45) is 0 Å². The van der Waals surface area contributed by atoms with Gasteiger partial charge in [-0.2, -0.15) is 0 Å². The normalized spacial score (nSPS) is 14.2. The first-order valence-corrected chi connectivity index (χ1v) is 18.0. The number of carbonyl (C=O) groups excluding carboxylic acids is 4. The van der Waals surface area contributed by atoms with Gasteiger partial charge in [0.1, 0.15) is 0 Å². The van der Waals surface area contributed by atoms with E-state index in [0.29, 0.717) is 53.4 Å². The van der Waals surface area contributed by atoms with Crippen LogP contribution >= 0.6 is 0 Å². The molecule has 0 radical (unpaired) electrons. The van der Waals surface area contributed by atoms with Crippen LogP contribution in [0.2, 0.25) is 0 Å². The van der Waals surface area contributed by atoms with Gasteiger partial charge >= 0.3 is 5.97 Å². The fraction of sp³-hybridized carbons (Fsp3) is 0.333. The van der Waals surface area contributed by atoms with Crippen molar-refractivity contribution in [3.63, 3.8) is 0 Å². The summed E-state index contributed by atoms with van der Waals surface area (Å²) in [6.07, 6.45) is 5.47. The Hall–Kier alpha value is -5.32. The van der Waals surface area contributed by atoms with Crippen LogP contribution in [0.5, 0.6) is 0 Å². The summed E-state index contributed by atoms with van der Waals surface area (Å²) in [5, 5.41) is 6.01. The predicted molar refractivity (Wildman–Crippen MR) is 201 cm³/mol. The highest BCUT2D eigenvalue weighted by molar-refractivity contribution is 6.13. The van der Waals surface area contributed by atoms with Crippen LogP contribution in [-0.2, 0) is 35.2 Å². The first-order valence-electron chi connectivity index (χ1n) is 18.0. The van der Waals surface area contributed by atoms with Crippen LogP contribution in [0, 0.1) is 0 Å². The van der Waals surface area contributed by atoms with Gasteiger partial charge in [-0.1, -0.05) is 30.3 Å². The molecule has 4 aromatic carbocycles. The second-order valence-corrected chi connectivity index (χ2v) is 13.4. The average molecular weight is 703 g/mol. The van der Waals surface area contributed by atoms with Gasteiger partial charge in [0.25, 0.3) is 17.7 Å². The summed E-state index contributed by atoms with van der Waals surface area (Å²) in [7, 11) is 3.14. The first kappa shape index (κ1) is 36.5. The molecule has 10 nitrogen and oxygen atoms in total. The fourth-order valence-electron chi connectivity index (χ4n) is 6.67. The van der Waals surface area contributed by atoms with E-state index in [0.717, 1.165) is 80.4 Å². The van der Waals surface area contributed by atoms with Crippen LogP contribution in [0.1, 0.15) is 76.5 Å². The Morgan fingerprint density at radius 1 is 0.750 bits per heavy atom. The third-order valence-electron chi connectivity index (χ3n) is 9.84. The largest absolute Gasteiger partial charge is 0.465 e. The molecule has 1 aliphatic heterocycles. The number of carbonyl (C=O) groups is 4. The number of amides is 3. The highest BCUT2D eigenvalue weighted by Crippen LogP contribution is 2.29. The number of hydrogen-bond donors (Lipinski definition) is 2. The number of ether oxygens (including phenoxy) is 2. The molecule has 0 unspecified atom stereocenters. The summed E-state index contributed by atoms with van der Waals surface area (Å²) in [6.45, 7) is 4.44. The molecule has 1 fully saturated rings. The van der Waals surface area contributed by atoms with Crippen LogP contribution in [0.25, 0.3) is 0 Å². The van der Waals surface area contributed by atoms with Gasteiger partial charge in [-0.05, 0) is 115 Å². The lowest BCUT2D eigenvalue weighted by Gasteiger charge is -2.28. The number of nitrogens with zero attached hydrogens (tertiary/aromatic N) is 2. The molecule has 0 aromatic heterocycles. The van der Waals surface area contributed by atoms with Crippen LogP contribution in [0.4, 0.5) is 11.4 Å². The maximum Gasteiger partial charge on any atom is 0.337 e. The molecule has 52 heavy (non-hydrogen) atoms. The van der Waals surface area contributed by atoms with Gasteiger partial charge in [0.15, 0.2) is 0 Å². The minimum atomic E-state index is -0.389. The van der Waals surface area contributed by atoms with Gasteiger partial charge in [0.2, 0.25) is 0 Å². The Bertz CT molecular complexity index is 1900. The Balaban J connectivity index is 1.11. The van der Waals surface area contributed by atoms with E-state index in [1.807, 2.05) is 48.5 Å². The summed E-state index contributed by atoms with van der Waals surface area (Å²) in [5.74, 6) is -1.21. The van der Waals surface area contributed by atoms with Gasteiger partial charge in [-0.25, -0.2) is 4.79 Å². The monoisotopic (exact) mass is 702 g/mol. The Morgan fingerprint density at radius 2 is 1.38 bits per heavy atom. The third-order valence-corrected chi connectivity index (χ3v) is 9.84. The molecule has 1 heterocycles. The lowest BCUT2D eigenvalue weighted by molar-refractivity contribution is 0.0338. The molecule has 0 saturated carbocycles. The molecule has 6 rings (SSSR count). The lowest BCUT2D eigenvalue weighted by atomic mass is 9.89. The van der Waals surface area contributed by atoms with Crippen molar-refractivity contribution in [1.82, 2.24) is 9.80 Å². The topological polar surface area (TPSA) is 117 Å². The molecule has 0 atom stereocenters. The van der Waals surface area contributed by atoms with Crippen molar-refractivity contribution in [3.05, 3.63) is 129 Å². The quantitative estimate of drug-likeness (QED) is 0.173. The number of esters is 1. The van der Waals surface area contributed by atoms with Crippen LogP contribution < -0.4 is 10.6 Å². The van der Waals surface area contributed by atoms with Crippen molar-refractivity contribution < 1.29 is 28.7 Å². The number of hydrogen-bond acceptors (Lipinski definition) is 7. The Labute approximate surface area is 305 Å². The molecule has 4 aromatic rings. The number of fused-ring (bicyclic) bond motifs is 1. The number of morpholine rings is 1. The van der Waals surface area contributed by atoms with E-state index < -0.39 is 0 Å². The van der Waals surface area contributed by atoms with Crippen LogP contribution in [0.3, 0.4) is 0 Å². The van der Waals surface area contributed by atoms with E-state index in [4.69, 9.17) is 9.47 Å². The summed E-state index contributed by atoms with van der Waals surface area (Å²) < 4.78 is 10.2. The highest BCUT2D eigenvalue weighted by atomic mass is 16.5. The minimum Gasteiger partial charge on any atom is -0.465 e. The smallest absolute Gasteiger partial charge is 0.337 e. The second kappa shape index (κ2) is 17.3. The number of rotatable bonds is 12. The predicted octanol–water partition coefficient (Wildman–Crippen LogP) is 6.05. The summed E-state index contributed by atoms with van der Waals surface area (Å²) in [6, 6.07) is 25.7. The number of benzene rings is 4. The summed E-state index contributed by atoms with van der Waals surface area (Å²) in [4.78, 5) is 56.4. The van der Waals surface area contributed by atoms with E-state index >= 15 is 0 Å². The number of nitrogens with one attached hydrogen (secondary N) is 2. The van der Waals surface area contributed by atoms with E-state index in [1.165, 1.54) is 7.11 Å². The summed E-state index contributed by atoms with van der Waals surface area (Å²) in [5.41, 5.74) is 7.25. The highest BCUT2D eigenvalue weighted by Gasteiger charge is 2.21. The number of methoxy groups -OCH3 is 1. The van der Waals surface area contributed by atoms with E-state index in [2.05, 4.69) is 15.5 Å². The number of aryl methyl sites for hydroxylation is 4. The van der Waals surface area contributed by atoms with Crippen molar-refractivity contribution in [2.75, 3.05) is 64.2 Å². The standard InChI is InChI=1S/C42H46N4O6/c1-45(20-21-46-22-24-52-25-23-46)41(49)35-9-5-8-34(26-35)39(47)44-38-28-33-7-4-3-6-32(33)27-37(38)40(48)43-36-18-14-30(15-19-36)11-10-29-12-16-31(17-13-29)42(50)51-2/h5,8-9,12-19,26-28H,3-4,6-7,10-11,20-25H2,1-2H3,(H,43,48)(H,44,47). The molecule has 2 aliphatic rings. The van der Waals surface area contributed by atoms with Gasteiger partial charge in [0, 0.05) is 50.0 Å². The summed E-state index contributed by atoms with van der Waals surface area (Å²) >= 11 is 0. The fourth-order valence-corrected chi connectivity index (χ4v) is 6.67. The Kier molecular flexibility index (Phi) is 12.1. The molecule has 10 heteroatoms. The molecule has 0 spiro atoms. The average Bonchev–Trinajstić information content (AvgIpc) is 3.19. The number of anilines is 2. The molecule has 1 aliphatic carbocycles. The second-order valence-electron chi connectivity index (χ2n) is 13.4. The lowest BCUT2D eigenvalue weighted by Crippen LogP contribution is -2.41. The van der Waals surface area contributed by atoms with Gasteiger partial charge in [-0.15, -0.1) is 0 Å². The van der Waals surface area contributed by atoms with Crippen LogP contribution in [-0.4, -0.2) is 87.0 Å². The molecule has 270 valence electrons. The molecular weight excluding hydrogens is 656 g/mol. The SMILES string of the molecule is COC(=O)c1ccc(CCc2ccc(NC(=O)c3cc4c(cc3NC(=O)c3cccc(C(=O)N(C)CCN5CCOCC5)c3)CCCC4)cc2)cc1. The van der Waals surface area contributed by atoms with E-state index in [-0.39, 0.29) is 23.7 Å². The first-order chi connectivity index (χ1) is 25.3. The van der Waals surface area contributed by atoms with E-state index in [1.54, 1.807) is 48.3 Å². The van der Waals surface area contributed by atoms with Crippen molar-refractivity contribution in [3.8, 4) is 0 Å². The molecule has 1 saturated heterocycles. The maximum atomic E-state index is 13.8. The zero-order chi connectivity index (χ0) is 36.5. The number of likely N-dealkylation sites (N-methyl/N-ethyl adjacent to an activating group) is 1. The van der Waals surface area contributed by atoms with Crippen molar-refractivity contribution in [2.45, 2.75) is 38.5 Å². The maximum absolute atomic E-state index is 13.8. The zero-order valence-electron chi connectivity index (χ0n) is 29.9.